The fourth-order valence-corrected chi connectivity index (χ4v) is 2.56. The Kier molecular flexibility index (Phi) is 3.40. The molecule has 1 aliphatic heterocycles. The van der Waals surface area contributed by atoms with Crippen LogP contribution in [0.1, 0.15) is 19.8 Å². The van der Waals surface area contributed by atoms with Crippen LogP contribution < -0.4 is 4.90 Å². The predicted octanol–water partition coefficient (Wildman–Crippen LogP) is 2.08. The van der Waals surface area contributed by atoms with E-state index in [9.17, 15) is 5.11 Å². The second-order valence-electron chi connectivity index (χ2n) is 5.17. The monoisotopic (exact) mass is 313 g/mol. The SMILES string of the molecule is CC1(O)CCN(c2nc(Cl)nc3nc(Cl)cnc23)CC1. The number of halogens is 2. The summed E-state index contributed by atoms with van der Waals surface area (Å²) in [7, 11) is 0. The molecule has 0 spiro atoms. The number of aliphatic hydroxyl groups is 1. The molecule has 1 aliphatic rings. The molecule has 2 aromatic rings. The molecule has 1 fully saturated rings. The van der Waals surface area contributed by atoms with Gasteiger partial charge in [-0.3, -0.25) is 0 Å². The van der Waals surface area contributed by atoms with Crippen molar-refractivity contribution in [2.45, 2.75) is 25.4 Å². The molecule has 0 bridgehead atoms. The summed E-state index contributed by atoms with van der Waals surface area (Å²) in [6.07, 6.45) is 2.79. The van der Waals surface area contributed by atoms with Gasteiger partial charge >= 0.3 is 0 Å². The van der Waals surface area contributed by atoms with E-state index < -0.39 is 5.60 Å². The van der Waals surface area contributed by atoms with Crippen molar-refractivity contribution in [2.75, 3.05) is 18.0 Å². The number of fused-ring (bicyclic) bond motifs is 1. The summed E-state index contributed by atoms with van der Waals surface area (Å²) in [5.74, 6) is 0.639. The lowest BCUT2D eigenvalue weighted by Gasteiger charge is -2.36. The first kappa shape index (κ1) is 13.7. The summed E-state index contributed by atoms with van der Waals surface area (Å²) in [6, 6.07) is 0. The van der Waals surface area contributed by atoms with Gasteiger partial charge in [-0.05, 0) is 31.4 Å². The van der Waals surface area contributed by atoms with Gasteiger partial charge in [-0.15, -0.1) is 0 Å². The van der Waals surface area contributed by atoms with Gasteiger partial charge in [-0.1, -0.05) is 11.6 Å². The van der Waals surface area contributed by atoms with Crippen LogP contribution in [0.2, 0.25) is 10.4 Å². The largest absolute Gasteiger partial charge is 0.390 e. The Hall–Kier alpha value is -1.24. The van der Waals surface area contributed by atoms with Crippen LogP contribution in [0.4, 0.5) is 5.82 Å². The summed E-state index contributed by atoms with van der Waals surface area (Å²) in [4.78, 5) is 18.7. The van der Waals surface area contributed by atoms with Crippen LogP contribution in [0.25, 0.3) is 11.2 Å². The topological polar surface area (TPSA) is 75.0 Å². The zero-order valence-electron chi connectivity index (χ0n) is 10.8. The molecule has 106 valence electrons. The van der Waals surface area contributed by atoms with Crippen molar-refractivity contribution in [1.82, 2.24) is 19.9 Å². The predicted molar refractivity (Wildman–Crippen MR) is 77.2 cm³/mol. The minimum atomic E-state index is -0.627. The van der Waals surface area contributed by atoms with E-state index in [0.717, 1.165) is 0 Å². The van der Waals surface area contributed by atoms with Gasteiger partial charge in [0.15, 0.2) is 17.0 Å². The third kappa shape index (κ3) is 2.63. The Morgan fingerprint density at radius 1 is 1.20 bits per heavy atom. The van der Waals surface area contributed by atoms with E-state index in [1.54, 1.807) is 0 Å². The van der Waals surface area contributed by atoms with E-state index in [0.29, 0.717) is 42.9 Å². The lowest BCUT2D eigenvalue weighted by molar-refractivity contribution is 0.0350. The number of aromatic nitrogens is 4. The van der Waals surface area contributed by atoms with E-state index in [1.807, 2.05) is 11.8 Å². The second-order valence-corrected chi connectivity index (χ2v) is 5.89. The van der Waals surface area contributed by atoms with Crippen molar-refractivity contribution in [3.8, 4) is 0 Å². The molecule has 3 rings (SSSR count). The lowest BCUT2D eigenvalue weighted by Crippen LogP contribution is -2.43. The number of hydrogen-bond acceptors (Lipinski definition) is 6. The van der Waals surface area contributed by atoms with E-state index in [4.69, 9.17) is 23.2 Å². The van der Waals surface area contributed by atoms with Gasteiger partial charge in [-0.2, -0.15) is 9.97 Å². The molecule has 0 saturated carbocycles. The maximum absolute atomic E-state index is 10.0. The zero-order chi connectivity index (χ0) is 14.3. The fourth-order valence-electron chi connectivity index (χ4n) is 2.27. The first-order chi connectivity index (χ1) is 9.44. The van der Waals surface area contributed by atoms with Crippen LogP contribution in [0, 0.1) is 0 Å². The number of rotatable bonds is 1. The summed E-state index contributed by atoms with van der Waals surface area (Å²) < 4.78 is 0. The highest BCUT2D eigenvalue weighted by molar-refractivity contribution is 6.30. The van der Waals surface area contributed by atoms with Gasteiger partial charge in [-0.25, -0.2) is 9.97 Å². The third-order valence-electron chi connectivity index (χ3n) is 3.47. The standard InChI is InChI=1S/C12H13Cl2N5O/c1-12(20)2-4-19(5-3-12)10-8-9(17-11(14)18-10)16-7(13)6-15-8/h6,20H,2-5H2,1H3. The first-order valence-corrected chi connectivity index (χ1v) is 7.03. The Balaban J connectivity index is 2.03. The lowest BCUT2D eigenvalue weighted by atomic mass is 9.94. The average Bonchev–Trinajstić information content (AvgIpc) is 2.37. The Bertz CT molecular complexity index is 648. The van der Waals surface area contributed by atoms with Gasteiger partial charge in [0.2, 0.25) is 5.28 Å². The van der Waals surface area contributed by atoms with Gasteiger partial charge < -0.3 is 10.0 Å². The molecule has 3 heterocycles. The highest BCUT2D eigenvalue weighted by Gasteiger charge is 2.29. The van der Waals surface area contributed by atoms with Crippen LogP contribution in [0.5, 0.6) is 0 Å². The highest BCUT2D eigenvalue weighted by atomic mass is 35.5. The van der Waals surface area contributed by atoms with Crippen LogP contribution in [0.3, 0.4) is 0 Å². The maximum Gasteiger partial charge on any atom is 0.226 e. The van der Waals surface area contributed by atoms with Crippen LogP contribution >= 0.6 is 23.2 Å². The molecule has 20 heavy (non-hydrogen) atoms. The molecule has 0 aromatic carbocycles. The molecule has 0 unspecified atom stereocenters. The van der Waals surface area contributed by atoms with E-state index in [2.05, 4.69) is 19.9 Å². The summed E-state index contributed by atoms with van der Waals surface area (Å²) in [5.41, 5.74) is 0.322. The molecule has 6 nitrogen and oxygen atoms in total. The molecule has 1 saturated heterocycles. The van der Waals surface area contributed by atoms with Crippen molar-refractivity contribution >= 4 is 40.2 Å². The van der Waals surface area contributed by atoms with E-state index >= 15 is 0 Å². The van der Waals surface area contributed by atoms with Gasteiger partial charge in [0.1, 0.15) is 5.15 Å². The third-order valence-corrected chi connectivity index (χ3v) is 3.82. The number of piperidine rings is 1. The Morgan fingerprint density at radius 3 is 2.60 bits per heavy atom. The van der Waals surface area contributed by atoms with Crippen LogP contribution in [0.15, 0.2) is 6.20 Å². The molecule has 8 heteroatoms. The second kappa shape index (κ2) is 4.95. The van der Waals surface area contributed by atoms with Gasteiger partial charge in [0.05, 0.1) is 11.8 Å². The van der Waals surface area contributed by atoms with Gasteiger partial charge in [0.25, 0.3) is 0 Å². The zero-order valence-corrected chi connectivity index (χ0v) is 12.4. The fraction of sp³-hybridized carbons (Fsp3) is 0.500. The normalized spacial score (nSPS) is 18.5. The van der Waals surface area contributed by atoms with Gasteiger partial charge in [0, 0.05) is 13.1 Å². The first-order valence-electron chi connectivity index (χ1n) is 6.28. The highest BCUT2D eigenvalue weighted by Crippen LogP contribution is 2.29. The minimum Gasteiger partial charge on any atom is -0.390 e. The Morgan fingerprint density at radius 2 is 1.90 bits per heavy atom. The molecule has 0 aliphatic carbocycles. The smallest absolute Gasteiger partial charge is 0.226 e. The summed E-state index contributed by atoms with van der Waals surface area (Å²) >= 11 is 11.8. The van der Waals surface area contributed by atoms with Crippen molar-refractivity contribution in [2.24, 2.45) is 0 Å². The minimum absolute atomic E-state index is 0.112. The molecule has 2 aromatic heterocycles. The number of hydrogen-bond donors (Lipinski definition) is 1. The van der Waals surface area contributed by atoms with Crippen LogP contribution in [-0.2, 0) is 0 Å². The number of nitrogens with zero attached hydrogens (tertiary/aromatic N) is 5. The Labute approximate surface area is 125 Å². The van der Waals surface area contributed by atoms with Crippen molar-refractivity contribution in [3.05, 3.63) is 16.6 Å². The van der Waals surface area contributed by atoms with Crippen molar-refractivity contribution in [1.29, 1.82) is 0 Å². The molecular formula is C12H13Cl2N5O. The maximum atomic E-state index is 10.0. The summed E-state index contributed by atoms with van der Waals surface area (Å²) in [5, 5.41) is 10.4. The number of anilines is 1. The molecule has 1 N–H and O–H groups in total. The molecule has 0 amide bonds. The van der Waals surface area contributed by atoms with Crippen LogP contribution in [-0.4, -0.2) is 43.7 Å². The van der Waals surface area contributed by atoms with Crippen molar-refractivity contribution < 1.29 is 5.11 Å². The van der Waals surface area contributed by atoms with E-state index in [1.165, 1.54) is 6.20 Å². The molecular weight excluding hydrogens is 301 g/mol. The average molecular weight is 314 g/mol. The molecule has 0 radical (unpaired) electrons. The van der Waals surface area contributed by atoms with Crippen molar-refractivity contribution in [3.63, 3.8) is 0 Å². The van der Waals surface area contributed by atoms with E-state index in [-0.39, 0.29) is 10.4 Å². The molecule has 0 atom stereocenters. The summed E-state index contributed by atoms with van der Waals surface area (Å²) in [6.45, 7) is 3.20. The quantitative estimate of drug-likeness (QED) is 0.812.